The molecule has 1 saturated heterocycles. The lowest BCUT2D eigenvalue weighted by atomic mass is 9.98. The number of hydrogen-bond donors (Lipinski definition) is 6. The SMILES string of the molecule is CCCCCCCC(=O)OCC(CSCC(N)C(=O)Nc1cn([C@@H]2OC(CO)C(O)C(O)C2O)nn1)OC(=O)CCCCCCC. The van der Waals surface area contributed by atoms with E-state index in [0.29, 0.717) is 6.42 Å². The minimum absolute atomic E-state index is 0.00485. The van der Waals surface area contributed by atoms with Gasteiger partial charge in [0, 0.05) is 24.3 Å². The molecule has 15 nitrogen and oxygen atoms in total. The maximum Gasteiger partial charge on any atom is 0.306 e. The zero-order valence-corrected chi connectivity index (χ0v) is 27.8. The fourth-order valence-electron chi connectivity index (χ4n) is 4.74. The molecule has 264 valence electrons. The zero-order chi connectivity index (χ0) is 33.9. The second-order valence-corrected chi connectivity index (χ2v) is 12.6. The average Bonchev–Trinajstić information content (AvgIpc) is 3.50. The largest absolute Gasteiger partial charge is 0.462 e. The van der Waals surface area contributed by atoms with Gasteiger partial charge in [0.05, 0.1) is 18.8 Å². The lowest BCUT2D eigenvalue weighted by Crippen LogP contribution is -2.56. The van der Waals surface area contributed by atoms with Crippen LogP contribution in [0.4, 0.5) is 5.82 Å². The number of ether oxygens (including phenoxy) is 3. The third-order valence-corrected chi connectivity index (χ3v) is 8.73. The summed E-state index contributed by atoms with van der Waals surface area (Å²) >= 11 is 1.27. The molecule has 0 saturated carbocycles. The standard InChI is InChI=1S/C30H53N5O10S/c1-3-5-7-9-11-13-24(37)43-17-20(44-25(38)14-12-10-8-6-4-2)18-46-19-21(31)29(42)32-23-15-35(34-33-23)30-28(41)27(40)26(39)22(16-36)45-30/h15,20-22,26-28,30,36,39-41H,3-14,16-19,31H2,1-2H3,(H,32,42)/t20?,21?,22?,26?,27?,28?,30-/m1/s1. The average molecular weight is 676 g/mol. The number of rotatable bonds is 23. The highest BCUT2D eigenvalue weighted by Gasteiger charge is 2.44. The van der Waals surface area contributed by atoms with Gasteiger partial charge >= 0.3 is 11.9 Å². The number of aliphatic hydroxyl groups is 4. The number of esters is 2. The predicted octanol–water partition coefficient (Wildman–Crippen LogP) is 1.43. The summed E-state index contributed by atoms with van der Waals surface area (Å²) in [6, 6.07) is -0.983. The van der Waals surface area contributed by atoms with Crippen molar-refractivity contribution in [1.29, 1.82) is 0 Å². The first-order valence-electron chi connectivity index (χ1n) is 16.3. The highest BCUT2D eigenvalue weighted by molar-refractivity contribution is 7.99. The van der Waals surface area contributed by atoms with E-state index in [1.807, 2.05) is 0 Å². The van der Waals surface area contributed by atoms with Crippen molar-refractivity contribution in [3.63, 3.8) is 0 Å². The molecule has 1 aromatic rings. The number of carbonyl (C=O) groups is 3. The van der Waals surface area contributed by atoms with Gasteiger partial charge in [0.2, 0.25) is 5.91 Å². The number of unbranched alkanes of at least 4 members (excludes halogenated alkanes) is 8. The van der Waals surface area contributed by atoms with E-state index in [4.69, 9.17) is 19.9 Å². The summed E-state index contributed by atoms with van der Waals surface area (Å²) in [4.78, 5) is 37.4. The van der Waals surface area contributed by atoms with Crippen LogP contribution in [0.2, 0.25) is 0 Å². The Morgan fingerprint density at radius 3 is 2.22 bits per heavy atom. The van der Waals surface area contributed by atoms with Crippen molar-refractivity contribution in [2.24, 2.45) is 5.73 Å². The normalized spacial score (nSPS) is 22.6. The molecular weight excluding hydrogens is 622 g/mol. The van der Waals surface area contributed by atoms with Gasteiger partial charge in [0.1, 0.15) is 37.1 Å². The molecular formula is C30H53N5O10S. The Bertz CT molecular complexity index is 1030. The zero-order valence-electron chi connectivity index (χ0n) is 27.0. The number of carbonyl (C=O) groups excluding carboxylic acids is 3. The van der Waals surface area contributed by atoms with Crippen LogP contribution in [-0.4, -0.2) is 115 Å². The molecule has 1 aromatic heterocycles. The third-order valence-electron chi connectivity index (χ3n) is 7.52. The molecule has 1 aliphatic rings. The van der Waals surface area contributed by atoms with Crippen LogP contribution in [0.5, 0.6) is 0 Å². The maximum atomic E-state index is 12.7. The Morgan fingerprint density at radius 1 is 0.957 bits per heavy atom. The first kappa shape index (κ1) is 39.8. The number of amides is 1. The topological polar surface area (TPSA) is 229 Å². The van der Waals surface area contributed by atoms with E-state index in [2.05, 4.69) is 29.5 Å². The van der Waals surface area contributed by atoms with Gasteiger partial charge in [-0.25, -0.2) is 4.68 Å². The molecule has 2 rings (SSSR count). The van der Waals surface area contributed by atoms with Gasteiger partial charge in [-0.1, -0.05) is 70.4 Å². The summed E-state index contributed by atoms with van der Waals surface area (Å²) in [5.74, 6) is -0.863. The Morgan fingerprint density at radius 2 is 1.59 bits per heavy atom. The van der Waals surface area contributed by atoms with Crippen LogP contribution in [0.15, 0.2) is 6.20 Å². The van der Waals surface area contributed by atoms with Crippen LogP contribution in [-0.2, 0) is 28.6 Å². The van der Waals surface area contributed by atoms with E-state index in [1.165, 1.54) is 18.0 Å². The summed E-state index contributed by atoms with van der Waals surface area (Å²) < 4.78 is 17.5. The van der Waals surface area contributed by atoms with E-state index in [-0.39, 0.29) is 42.3 Å². The fourth-order valence-corrected chi connectivity index (χ4v) is 5.71. The minimum Gasteiger partial charge on any atom is -0.462 e. The molecule has 46 heavy (non-hydrogen) atoms. The van der Waals surface area contributed by atoms with Gasteiger partial charge in [-0.2, -0.15) is 11.8 Å². The first-order chi connectivity index (χ1) is 22.1. The van der Waals surface area contributed by atoms with E-state index in [0.717, 1.165) is 68.9 Å². The van der Waals surface area contributed by atoms with Gasteiger partial charge in [-0.3, -0.25) is 14.4 Å². The van der Waals surface area contributed by atoms with Crippen LogP contribution in [0.3, 0.4) is 0 Å². The fraction of sp³-hybridized carbons (Fsp3) is 0.833. The Hall–Kier alpha value is -2.34. The van der Waals surface area contributed by atoms with Crippen LogP contribution >= 0.6 is 11.8 Å². The Labute approximate surface area is 274 Å². The molecule has 1 amide bonds. The highest BCUT2D eigenvalue weighted by atomic mass is 32.2. The summed E-state index contributed by atoms with van der Waals surface area (Å²) in [6.45, 7) is 3.57. The Balaban J connectivity index is 1.85. The number of nitrogens with one attached hydrogen (secondary N) is 1. The minimum atomic E-state index is -1.60. The van der Waals surface area contributed by atoms with E-state index in [9.17, 15) is 34.8 Å². The number of anilines is 1. The van der Waals surface area contributed by atoms with Crippen LogP contribution in [0.25, 0.3) is 0 Å². The second kappa shape index (κ2) is 22.3. The summed E-state index contributed by atoms with van der Waals surface area (Å²) in [5, 5.41) is 49.8. The number of hydrogen-bond acceptors (Lipinski definition) is 14. The molecule has 2 heterocycles. The molecule has 7 atom stereocenters. The number of nitrogens with zero attached hydrogens (tertiary/aromatic N) is 3. The van der Waals surface area contributed by atoms with Crippen molar-refractivity contribution in [3.8, 4) is 0 Å². The van der Waals surface area contributed by atoms with E-state index in [1.54, 1.807) is 0 Å². The third kappa shape index (κ3) is 14.2. The van der Waals surface area contributed by atoms with Crippen molar-refractivity contribution in [2.75, 3.05) is 30.0 Å². The monoisotopic (exact) mass is 675 g/mol. The quantitative estimate of drug-likeness (QED) is 0.0712. The summed E-state index contributed by atoms with van der Waals surface area (Å²) in [5.41, 5.74) is 6.08. The van der Waals surface area contributed by atoms with Crippen molar-refractivity contribution in [3.05, 3.63) is 6.20 Å². The first-order valence-corrected chi connectivity index (χ1v) is 17.5. The molecule has 1 fully saturated rings. The lowest BCUT2D eigenvalue weighted by molar-refractivity contribution is -0.254. The van der Waals surface area contributed by atoms with Crippen molar-refractivity contribution < 1.29 is 49.0 Å². The van der Waals surface area contributed by atoms with E-state index >= 15 is 0 Å². The molecule has 0 aromatic carbocycles. The smallest absolute Gasteiger partial charge is 0.306 e. The molecule has 7 N–H and O–H groups in total. The van der Waals surface area contributed by atoms with Crippen molar-refractivity contribution in [2.45, 2.75) is 134 Å². The highest BCUT2D eigenvalue weighted by Crippen LogP contribution is 2.28. The van der Waals surface area contributed by atoms with Gasteiger partial charge in [0.25, 0.3) is 0 Å². The molecule has 0 bridgehead atoms. The van der Waals surface area contributed by atoms with E-state index < -0.39 is 55.3 Å². The predicted molar refractivity (Wildman–Crippen MR) is 171 cm³/mol. The molecule has 0 radical (unpaired) electrons. The molecule has 0 aliphatic carbocycles. The lowest BCUT2D eigenvalue weighted by Gasteiger charge is -2.39. The van der Waals surface area contributed by atoms with Gasteiger partial charge < -0.3 is 45.7 Å². The van der Waals surface area contributed by atoms with Crippen LogP contribution in [0, 0.1) is 0 Å². The van der Waals surface area contributed by atoms with Gasteiger partial charge in [-0.15, -0.1) is 5.10 Å². The molecule has 16 heteroatoms. The molecule has 0 spiro atoms. The molecule has 1 aliphatic heterocycles. The van der Waals surface area contributed by atoms with Crippen LogP contribution in [0.1, 0.15) is 97.1 Å². The van der Waals surface area contributed by atoms with Crippen molar-refractivity contribution >= 4 is 35.4 Å². The maximum absolute atomic E-state index is 12.7. The number of nitrogens with two attached hydrogens (primary N) is 1. The van der Waals surface area contributed by atoms with Crippen molar-refractivity contribution in [1.82, 2.24) is 15.0 Å². The summed E-state index contributed by atoms with van der Waals surface area (Å²) in [6.07, 6.45) is 4.01. The Kier molecular flexibility index (Phi) is 19.3. The van der Waals surface area contributed by atoms with Gasteiger partial charge in [-0.05, 0) is 12.8 Å². The summed E-state index contributed by atoms with van der Waals surface area (Å²) in [7, 11) is 0. The van der Waals surface area contributed by atoms with Crippen LogP contribution < -0.4 is 11.1 Å². The number of aromatic nitrogens is 3. The molecule has 6 unspecified atom stereocenters. The second-order valence-electron chi connectivity index (χ2n) is 11.6. The van der Waals surface area contributed by atoms with Gasteiger partial charge in [0.15, 0.2) is 12.0 Å². The number of aliphatic hydroxyl groups excluding tert-OH is 4. The number of thioether (sulfide) groups is 1.